The number of hydrogen-bond donors (Lipinski definition) is 2. The molecular formula is C19H27N3O4. The number of carbonyl (C=O) groups is 3. The Bertz CT molecular complexity index is 671. The van der Waals surface area contributed by atoms with Crippen LogP contribution in [0.2, 0.25) is 0 Å². The Morgan fingerprint density at radius 2 is 1.65 bits per heavy atom. The van der Waals surface area contributed by atoms with Crippen molar-refractivity contribution in [2.45, 2.75) is 46.6 Å². The summed E-state index contributed by atoms with van der Waals surface area (Å²) in [6, 6.07) is 3.80. The second-order valence-corrected chi connectivity index (χ2v) is 6.66. The Labute approximate surface area is 154 Å². The van der Waals surface area contributed by atoms with E-state index in [2.05, 4.69) is 10.6 Å². The number of rotatable bonds is 3. The molecule has 0 atom stereocenters. The number of anilines is 1. The fourth-order valence-corrected chi connectivity index (χ4v) is 3.22. The first-order valence-electron chi connectivity index (χ1n) is 8.93. The first-order valence-corrected chi connectivity index (χ1v) is 8.93. The zero-order valence-electron chi connectivity index (χ0n) is 15.8. The topological polar surface area (TPSA) is 87.7 Å². The fraction of sp³-hybridized carbons (Fsp3) is 0.526. The summed E-state index contributed by atoms with van der Waals surface area (Å²) in [4.78, 5) is 37.7. The van der Waals surface area contributed by atoms with Gasteiger partial charge in [0.25, 0.3) is 0 Å². The summed E-state index contributed by atoms with van der Waals surface area (Å²) in [6.07, 6.45) is 0.862. The van der Waals surface area contributed by atoms with E-state index in [4.69, 9.17) is 4.74 Å². The van der Waals surface area contributed by atoms with Crippen LogP contribution in [0.5, 0.6) is 0 Å². The van der Waals surface area contributed by atoms with Crippen molar-refractivity contribution < 1.29 is 19.1 Å². The van der Waals surface area contributed by atoms with E-state index in [-0.39, 0.29) is 12.1 Å². The van der Waals surface area contributed by atoms with Crippen LogP contribution in [-0.2, 0) is 14.3 Å². The predicted molar refractivity (Wildman–Crippen MR) is 99.0 cm³/mol. The number of hydrogen-bond acceptors (Lipinski definition) is 4. The summed E-state index contributed by atoms with van der Waals surface area (Å²) >= 11 is 0. The summed E-state index contributed by atoms with van der Waals surface area (Å²) in [5.74, 6) is -1.33. The Kier molecular flexibility index (Phi) is 6.60. The molecule has 7 heteroatoms. The lowest BCUT2D eigenvalue weighted by Gasteiger charge is -2.31. The van der Waals surface area contributed by atoms with Gasteiger partial charge in [-0.25, -0.2) is 4.79 Å². The van der Waals surface area contributed by atoms with E-state index in [1.54, 1.807) is 11.8 Å². The van der Waals surface area contributed by atoms with Crippen LogP contribution in [0.1, 0.15) is 36.5 Å². The van der Waals surface area contributed by atoms with Gasteiger partial charge in [0.1, 0.15) is 0 Å². The number of aryl methyl sites for hydroxylation is 3. The van der Waals surface area contributed by atoms with E-state index in [9.17, 15) is 14.4 Å². The lowest BCUT2D eigenvalue weighted by Crippen LogP contribution is -2.49. The van der Waals surface area contributed by atoms with Gasteiger partial charge in [-0.1, -0.05) is 17.7 Å². The number of nitrogens with zero attached hydrogens (tertiary/aromatic N) is 1. The van der Waals surface area contributed by atoms with Crippen molar-refractivity contribution in [2.24, 2.45) is 0 Å². The van der Waals surface area contributed by atoms with Gasteiger partial charge in [-0.15, -0.1) is 0 Å². The standard InChI is InChI=1S/C19H27N3O4/c1-5-26-19(25)22-8-6-15(7-9-22)20-17(23)18(24)21-16-13(3)10-12(2)11-14(16)4/h10-11,15H,5-9H2,1-4H3,(H,20,23)(H,21,24). The first-order chi connectivity index (χ1) is 12.3. The molecule has 1 heterocycles. The van der Waals surface area contributed by atoms with Crippen LogP contribution in [0.15, 0.2) is 12.1 Å². The van der Waals surface area contributed by atoms with Crippen molar-refractivity contribution in [3.63, 3.8) is 0 Å². The van der Waals surface area contributed by atoms with E-state index in [0.717, 1.165) is 16.7 Å². The number of ether oxygens (including phenoxy) is 1. The Hall–Kier alpha value is -2.57. The Morgan fingerprint density at radius 1 is 1.08 bits per heavy atom. The molecule has 1 aliphatic heterocycles. The molecule has 0 aliphatic carbocycles. The largest absolute Gasteiger partial charge is 0.450 e. The molecule has 26 heavy (non-hydrogen) atoms. The highest BCUT2D eigenvalue weighted by Crippen LogP contribution is 2.21. The third-order valence-electron chi connectivity index (χ3n) is 4.48. The zero-order valence-corrected chi connectivity index (χ0v) is 15.8. The van der Waals surface area contributed by atoms with Crippen molar-refractivity contribution in [3.8, 4) is 0 Å². The van der Waals surface area contributed by atoms with Crippen molar-refractivity contribution in [2.75, 3.05) is 25.0 Å². The van der Waals surface area contributed by atoms with Crippen molar-refractivity contribution in [1.29, 1.82) is 0 Å². The molecule has 1 fully saturated rings. The minimum absolute atomic E-state index is 0.126. The van der Waals surface area contributed by atoms with Gasteiger partial charge in [0.15, 0.2) is 0 Å². The number of likely N-dealkylation sites (tertiary alicyclic amines) is 1. The molecule has 1 aliphatic rings. The van der Waals surface area contributed by atoms with Crippen LogP contribution in [0.4, 0.5) is 10.5 Å². The zero-order chi connectivity index (χ0) is 19.3. The van der Waals surface area contributed by atoms with Crippen LogP contribution in [0, 0.1) is 20.8 Å². The summed E-state index contributed by atoms with van der Waals surface area (Å²) in [5.41, 5.74) is 3.63. The maximum atomic E-state index is 12.2. The van der Waals surface area contributed by atoms with Crippen molar-refractivity contribution in [3.05, 3.63) is 28.8 Å². The SMILES string of the molecule is CCOC(=O)N1CCC(NC(=O)C(=O)Nc2c(C)cc(C)cc2C)CC1. The number of benzene rings is 1. The third kappa shape index (κ3) is 4.97. The summed E-state index contributed by atoms with van der Waals surface area (Å²) in [7, 11) is 0. The minimum atomic E-state index is -0.673. The molecule has 7 nitrogen and oxygen atoms in total. The van der Waals surface area contributed by atoms with Crippen LogP contribution in [0.25, 0.3) is 0 Å². The van der Waals surface area contributed by atoms with Crippen LogP contribution in [0.3, 0.4) is 0 Å². The van der Waals surface area contributed by atoms with Gasteiger partial charge in [0.05, 0.1) is 6.61 Å². The minimum Gasteiger partial charge on any atom is -0.450 e. The lowest BCUT2D eigenvalue weighted by molar-refractivity contribution is -0.136. The number of amides is 3. The van der Waals surface area contributed by atoms with Crippen LogP contribution < -0.4 is 10.6 Å². The summed E-state index contributed by atoms with van der Waals surface area (Å²) in [5, 5.41) is 5.45. The maximum Gasteiger partial charge on any atom is 0.409 e. The van der Waals surface area contributed by atoms with Crippen molar-refractivity contribution in [1.82, 2.24) is 10.2 Å². The van der Waals surface area contributed by atoms with E-state index in [1.807, 2.05) is 32.9 Å². The molecule has 0 saturated carbocycles. The number of nitrogens with one attached hydrogen (secondary N) is 2. The fourth-order valence-electron chi connectivity index (χ4n) is 3.22. The van der Waals surface area contributed by atoms with E-state index >= 15 is 0 Å². The average Bonchev–Trinajstić information content (AvgIpc) is 2.58. The highest BCUT2D eigenvalue weighted by atomic mass is 16.6. The van der Waals surface area contributed by atoms with Crippen LogP contribution in [-0.4, -0.2) is 48.5 Å². The molecule has 142 valence electrons. The Morgan fingerprint density at radius 3 is 2.19 bits per heavy atom. The molecule has 3 amide bonds. The van der Waals surface area contributed by atoms with Gasteiger partial charge in [-0.05, 0) is 51.7 Å². The van der Waals surface area contributed by atoms with Gasteiger partial charge >= 0.3 is 17.9 Å². The summed E-state index contributed by atoms with van der Waals surface area (Å²) in [6.45, 7) is 8.90. The Balaban J connectivity index is 1.87. The van der Waals surface area contributed by atoms with Crippen molar-refractivity contribution >= 4 is 23.6 Å². The highest BCUT2D eigenvalue weighted by molar-refractivity contribution is 6.39. The second kappa shape index (κ2) is 8.69. The van der Waals surface area contributed by atoms with Gasteiger partial charge in [-0.2, -0.15) is 0 Å². The second-order valence-electron chi connectivity index (χ2n) is 6.66. The lowest BCUT2D eigenvalue weighted by atomic mass is 10.0. The quantitative estimate of drug-likeness (QED) is 0.809. The van der Waals surface area contributed by atoms with Crippen LogP contribution >= 0.6 is 0 Å². The molecule has 0 spiro atoms. The smallest absolute Gasteiger partial charge is 0.409 e. The number of piperidine rings is 1. The molecule has 2 N–H and O–H groups in total. The monoisotopic (exact) mass is 361 g/mol. The van der Waals surface area contributed by atoms with E-state index in [0.29, 0.717) is 38.2 Å². The molecule has 0 aromatic heterocycles. The average molecular weight is 361 g/mol. The van der Waals surface area contributed by atoms with Gasteiger partial charge in [0.2, 0.25) is 0 Å². The molecule has 2 rings (SSSR count). The molecule has 0 radical (unpaired) electrons. The van der Waals surface area contributed by atoms with Gasteiger partial charge < -0.3 is 20.3 Å². The third-order valence-corrected chi connectivity index (χ3v) is 4.48. The van der Waals surface area contributed by atoms with E-state index < -0.39 is 11.8 Å². The molecule has 1 aromatic carbocycles. The van der Waals surface area contributed by atoms with Gasteiger partial charge in [-0.3, -0.25) is 9.59 Å². The molecular weight excluding hydrogens is 334 g/mol. The molecule has 0 bridgehead atoms. The first kappa shape index (κ1) is 19.8. The summed E-state index contributed by atoms with van der Waals surface area (Å²) < 4.78 is 4.97. The van der Waals surface area contributed by atoms with Gasteiger partial charge in [0, 0.05) is 24.8 Å². The molecule has 1 saturated heterocycles. The predicted octanol–water partition coefficient (Wildman–Crippen LogP) is 2.29. The van der Waals surface area contributed by atoms with E-state index in [1.165, 1.54) is 0 Å². The molecule has 0 unspecified atom stereocenters. The normalized spacial score (nSPS) is 14.7. The maximum absolute atomic E-state index is 12.2. The molecule has 1 aromatic rings. The highest BCUT2D eigenvalue weighted by Gasteiger charge is 2.26. The number of carbonyl (C=O) groups excluding carboxylic acids is 3.